The van der Waals surface area contributed by atoms with E-state index in [4.69, 9.17) is 5.73 Å². The molecule has 0 saturated carbocycles. The standard InChI is InChI=1S/C16H28N4S/c1-13(2)7-8-18-16(17)19-12-14(15-6-5-11-21-15)20-9-3-4-10-20/h5-6,11,13-14H,3-4,7-10,12H2,1-2H3,(H3,17,18,19). The first kappa shape index (κ1) is 16.3. The predicted molar refractivity (Wildman–Crippen MR) is 91.8 cm³/mol. The van der Waals surface area contributed by atoms with E-state index in [1.54, 1.807) is 0 Å². The smallest absolute Gasteiger partial charge is 0.188 e. The Kier molecular flexibility index (Phi) is 6.51. The normalized spacial score (nSPS) is 18.3. The summed E-state index contributed by atoms with van der Waals surface area (Å²) < 4.78 is 0. The van der Waals surface area contributed by atoms with E-state index in [1.807, 2.05) is 11.3 Å². The molecule has 21 heavy (non-hydrogen) atoms. The molecule has 2 rings (SSSR count). The van der Waals surface area contributed by atoms with Crippen LogP contribution in [0.15, 0.2) is 22.5 Å². The molecule has 4 nitrogen and oxygen atoms in total. The Bertz CT molecular complexity index is 421. The minimum absolute atomic E-state index is 0.387. The van der Waals surface area contributed by atoms with Crippen LogP contribution in [0.3, 0.4) is 0 Å². The van der Waals surface area contributed by atoms with Crippen molar-refractivity contribution in [1.82, 2.24) is 10.2 Å². The summed E-state index contributed by atoms with van der Waals surface area (Å²) in [6.45, 7) is 8.45. The second-order valence-corrected chi connectivity index (χ2v) is 7.09. The number of nitrogens with one attached hydrogen (secondary N) is 1. The molecule has 0 bridgehead atoms. The lowest BCUT2D eigenvalue weighted by molar-refractivity contribution is 0.255. The molecule has 1 aromatic rings. The van der Waals surface area contributed by atoms with Crippen molar-refractivity contribution in [3.63, 3.8) is 0 Å². The van der Waals surface area contributed by atoms with E-state index in [2.05, 4.69) is 46.6 Å². The lowest BCUT2D eigenvalue weighted by Gasteiger charge is -2.25. The van der Waals surface area contributed by atoms with Crippen molar-refractivity contribution in [3.8, 4) is 0 Å². The van der Waals surface area contributed by atoms with Crippen molar-refractivity contribution in [1.29, 1.82) is 0 Å². The molecule has 1 aliphatic rings. The second-order valence-electron chi connectivity index (χ2n) is 6.11. The third kappa shape index (κ3) is 5.32. The molecule has 1 aromatic heterocycles. The summed E-state index contributed by atoms with van der Waals surface area (Å²) in [6.07, 6.45) is 3.72. The van der Waals surface area contributed by atoms with Gasteiger partial charge in [-0.3, -0.25) is 9.89 Å². The van der Waals surface area contributed by atoms with Crippen LogP contribution in [-0.4, -0.2) is 37.0 Å². The first-order valence-corrected chi connectivity index (χ1v) is 8.86. The van der Waals surface area contributed by atoms with Crippen LogP contribution in [-0.2, 0) is 0 Å². The van der Waals surface area contributed by atoms with Crippen molar-refractivity contribution < 1.29 is 0 Å². The topological polar surface area (TPSA) is 53.6 Å². The first-order chi connectivity index (χ1) is 10.2. The number of aliphatic imine (C=N–C) groups is 1. The molecular formula is C16H28N4S. The van der Waals surface area contributed by atoms with Gasteiger partial charge in [0.25, 0.3) is 0 Å². The van der Waals surface area contributed by atoms with Crippen LogP contribution in [0.4, 0.5) is 0 Å². The molecule has 5 heteroatoms. The van der Waals surface area contributed by atoms with Crippen LogP contribution in [0.2, 0.25) is 0 Å². The Morgan fingerprint density at radius 3 is 2.81 bits per heavy atom. The summed E-state index contributed by atoms with van der Waals surface area (Å²) in [5, 5.41) is 5.36. The maximum absolute atomic E-state index is 5.98. The first-order valence-electron chi connectivity index (χ1n) is 7.98. The van der Waals surface area contributed by atoms with E-state index in [0.717, 1.165) is 19.5 Å². The van der Waals surface area contributed by atoms with Crippen molar-refractivity contribution in [2.24, 2.45) is 16.6 Å². The van der Waals surface area contributed by atoms with Crippen molar-refractivity contribution >= 4 is 17.3 Å². The molecule has 1 fully saturated rings. The number of likely N-dealkylation sites (tertiary alicyclic amines) is 1. The fraction of sp³-hybridized carbons (Fsp3) is 0.688. The summed E-state index contributed by atoms with van der Waals surface area (Å²) in [5.74, 6) is 1.27. The molecule has 2 heterocycles. The van der Waals surface area contributed by atoms with Crippen LogP contribution in [0, 0.1) is 5.92 Å². The fourth-order valence-electron chi connectivity index (χ4n) is 2.65. The Balaban J connectivity index is 1.89. The number of rotatable bonds is 7. The van der Waals surface area contributed by atoms with Crippen molar-refractivity contribution in [2.45, 2.75) is 39.2 Å². The van der Waals surface area contributed by atoms with E-state index >= 15 is 0 Å². The summed E-state index contributed by atoms with van der Waals surface area (Å²) in [6, 6.07) is 4.72. The second kappa shape index (κ2) is 8.39. The summed E-state index contributed by atoms with van der Waals surface area (Å²) in [7, 11) is 0. The minimum atomic E-state index is 0.387. The number of thiophene rings is 1. The molecule has 3 N–H and O–H groups in total. The van der Waals surface area contributed by atoms with Crippen LogP contribution in [0.1, 0.15) is 44.0 Å². The maximum atomic E-state index is 5.98. The zero-order chi connectivity index (χ0) is 15.1. The van der Waals surface area contributed by atoms with E-state index in [-0.39, 0.29) is 0 Å². The van der Waals surface area contributed by atoms with Gasteiger partial charge >= 0.3 is 0 Å². The monoisotopic (exact) mass is 308 g/mol. The Hall–Kier alpha value is -1.07. The SMILES string of the molecule is CC(C)CCNC(N)=NCC(c1cccs1)N1CCCC1. The number of nitrogens with zero attached hydrogens (tertiary/aromatic N) is 2. The highest BCUT2D eigenvalue weighted by Gasteiger charge is 2.23. The summed E-state index contributed by atoms with van der Waals surface area (Å²) >= 11 is 1.82. The van der Waals surface area contributed by atoms with Gasteiger partial charge in [0.05, 0.1) is 12.6 Å². The maximum Gasteiger partial charge on any atom is 0.188 e. The minimum Gasteiger partial charge on any atom is -0.370 e. The zero-order valence-electron chi connectivity index (χ0n) is 13.2. The van der Waals surface area contributed by atoms with Gasteiger partial charge in [-0.05, 0) is 49.7 Å². The highest BCUT2D eigenvalue weighted by molar-refractivity contribution is 7.10. The molecule has 0 radical (unpaired) electrons. The van der Waals surface area contributed by atoms with Crippen molar-refractivity contribution in [2.75, 3.05) is 26.2 Å². The molecule has 1 atom stereocenters. The van der Waals surface area contributed by atoms with Gasteiger partial charge in [-0.2, -0.15) is 0 Å². The van der Waals surface area contributed by atoms with Gasteiger partial charge in [-0.1, -0.05) is 19.9 Å². The summed E-state index contributed by atoms with van der Waals surface area (Å²) in [4.78, 5) is 8.51. The third-order valence-electron chi connectivity index (χ3n) is 3.92. The Morgan fingerprint density at radius 2 is 2.19 bits per heavy atom. The lowest BCUT2D eigenvalue weighted by Crippen LogP contribution is -2.34. The van der Waals surface area contributed by atoms with Crippen LogP contribution >= 0.6 is 11.3 Å². The van der Waals surface area contributed by atoms with Crippen molar-refractivity contribution in [3.05, 3.63) is 22.4 Å². The van der Waals surface area contributed by atoms with Gasteiger partial charge in [0.15, 0.2) is 5.96 Å². The lowest BCUT2D eigenvalue weighted by atomic mass is 10.1. The Labute approximate surface area is 132 Å². The van der Waals surface area contributed by atoms with E-state index in [0.29, 0.717) is 17.9 Å². The van der Waals surface area contributed by atoms with Gasteiger partial charge in [-0.15, -0.1) is 11.3 Å². The van der Waals surface area contributed by atoms with Gasteiger partial charge in [0, 0.05) is 11.4 Å². The average molecular weight is 308 g/mol. The molecule has 118 valence electrons. The molecule has 0 aliphatic carbocycles. The van der Waals surface area contributed by atoms with Crippen LogP contribution in [0.25, 0.3) is 0 Å². The quantitative estimate of drug-likeness (QED) is 0.601. The third-order valence-corrected chi connectivity index (χ3v) is 4.89. The molecule has 0 spiro atoms. The van der Waals surface area contributed by atoms with Gasteiger partial charge in [0.2, 0.25) is 0 Å². The highest BCUT2D eigenvalue weighted by atomic mass is 32.1. The number of hydrogen-bond acceptors (Lipinski definition) is 3. The zero-order valence-corrected chi connectivity index (χ0v) is 14.0. The number of nitrogens with two attached hydrogens (primary N) is 1. The van der Waals surface area contributed by atoms with E-state index in [9.17, 15) is 0 Å². The van der Waals surface area contributed by atoms with E-state index in [1.165, 1.54) is 30.8 Å². The molecule has 1 saturated heterocycles. The van der Waals surface area contributed by atoms with Gasteiger partial charge in [0.1, 0.15) is 0 Å². The molecule has 1 unspecified atom stereocenters. The Morgan fingerprint density at radius 1 is 1.43 bits per heavy atom. The van der Waals surface area contributed by atoms with Crippen LogP contribution < -0.4 is 11.1 Å². The van der Waals surface area contributed by atoms with Gasteiger partial charge in [-0.25, -0.2) is 0 Å². The number of hydrogen-bond donors (Lipinski definition) is 2. The van der Waals surface area contributed by atoms with Crippen LogP contribution in [0.5, 0.6) is 0 Å². The number of guanidine groups is 1. The van der Waals surface area contributed by atoms with E-state index < -0.39 is 0 Å². The summed E-state index contributed by atoms with van der Waals surface area (Å²) in [5.41, 5.74) is 5.98. The molecular weight excluding hydrogens is 280 g/mol. The molecule has 0 aromatic carbocycles. The largest absolute Gasteiger partial charge is 0.370 e. The fourth-order valence-corrected chi connectivity index (χ4v) is 3.50. The average Bonchev–Trinajstić information content (AvgIpc) is 3.11. The van der Waals surface area contributed by atoms with Gasteiger partial charge < -0.3 is 11.1 Å². The predicted octanol–water partition coefficient (Wildman–Crippen LogP) is 2.84. The highest BCUT2D eigenvalue weighted by Crippen LogP contribution is 2.28. The molecule has 1 aliphatic heterocycles. The molecule has 0 amide bonds.